The van der Waals surface area contributed by atoms with Gasteiger partial charge in [0.1, 0.15) is 0 Å². The van der Waals surface area contributed by atoms with E-state index in [9.17, 15) is 4.79 Å². The molecule has 76 valence electrons. The third kappa shape index (κ3) is 3.62. The molecule has 0 saturated carbocycles. The predicted molar refractivity (Wildman–Crippen MR) is 56.6 cm³/mol. The lowest BCUT2D eigenvalue weighted by atomic mass is 9.92. The number of allylic oxidation sites excluding steroid dienone is 1. The first-order chi connectivity index (χ1) is 6.25. The summed E-state index contributed by atoms with van der Waals surface area (Å²) in [5, 5.41) is 2.67. The van der Waals surface area contributed by atoms with Crippen LogP contribution in [0.1, 0.15) is 46.5 Å². The molecule has 0 aromatic carbocycles. The van der Waals surface area contributed by atoms with Crippen molar-refractivity contribution in [1.29, 1.82) is 0 Å². The lowest BCUT2D eigenvalue weighted by molar-refractivity contribution is -0.117. The standard InChI is InChI=1S/C9H15NO.C2H6/c1-7-5-3-4-6-8(7)9(11)10-2;1-2/h3-6H2,1-2H3,(H,10,11);1-2H3. The molecular weight excluding hydrogens is 162 g/mol. The Morgan fingerprint density at radius 3 is 2.23 bits per heavy atom. The van der Waals surface area contributed by atoms with Crippen molar-refractivity contribution in [2.24, 2.45) is 0 Å². The molecular formula is C11H21NO. The Morgan fingerprint density at radius 2 is 1.77 bits per heavy atom. The monoisotopic (exact) mass is 183 g/mol. The fraction of sp³-hybridized carbons (Fsp3) is 0.727. The van der Waals surface area contributed by atoms with Crippen molar-refractivity contribution in [3.63, 3.8) is 0 Å². The molecule has 0 spiro atoms. The third-order valence-electron chi connectivity index (χ3n) is 2.24. The zero-order chi connectivity index (χ0) is 10.3. The van der Waals surface area contributed by atoms with E-state index < -0.39 is 0 Å². The number of rotatable bonds is 1. The van der Waals surface area contributed by atoms with Crippen molar-refractivity contribution in [1.82, 2.24) is 5.32 Å². The van der Waals surface area contributed by atoms with Gasteiger partial charge >= 0.3 is 0 Å². The molecule has 0 radical (unpaired) electrons. The fourth-order valence-electron chi connectivity index (χ4n) is 1.51. The minimum Gasteiger partial charge on any atom is -0.355 e. The van der Waals surface area contributed by atoms with E-state index in [2.05, 4.69) is 12.2 Å². The number of nitrogens with one attached hydrogen (secondary N) is 1. The lowest BCUT2D eigenvalue weighted by Crippen LogP contribution is -2.22. The van der Waals surface area contributed by atoms with Gasteiger partial charge in [-0.25, -0.2) is 0 Å². The minimum absolute atomic E-state index is 0.113. The van der Waals surface area contributed by atoms with Gasteiger partial charge in [-0.05, 0) is 32.6 Å². The molecule has 0 bridgehead atoms. The van der Waals surface area contributed by atoms with Gasteiger partial charge in [0, 0.05) is 12.6 Å². The number of amides is 1. The van der Waals surface area contributed by atoms with E-state index in [1.165, 1.54) is 18.4 Å². The Bertz CT molecular complexity index is 194. The first-order valence-corrected chi connectivity index (χ1v) is 5.16. The highest BCUT2D eigenvalue weighted by Crippen LogP contribution is 2.23. The maximum atomic E-state index is 11.2. The van der Waals surface area contributed by atoms with E-state index in [1.54, 1.807) is 7.05 Å². The molecule has 13 heavy (non-hydrogen) atoms. The Kier molecular flexibility index (Phi) is 6.29. The third-order valence-corrected chi connectivity index (χ3v) is 2.24. The van der Waals surface area contributed by atoms with E-state index in [1.807, 2.05) is 13.8 Å². The van der Waals surface area contributed by atoms with Gasteiger partial charge in [-0.15, -0.1) is 0 Å². The van der Waals surface area contributed by atoms with Crippen molar-refractivity contribution in [2.75, 3.05) is 7.05 Å². The highest BCUT2D eigenvalue weighted by Gasteiger charge is 2.14. The molecule has 2 nitrogen and oxygen atoms in total. The number of hydrogen-bond acceptors (Lipinski definition) is 1. The van der Waals surface area contributed by atoms with Gasteiger partial charge in [0.2, 0.25) is 5.91 Å². The summed E-state index contributed by atoms with van der Waals surface area (Å²) in [7, 11) is 1.69. The van der Waals surface area contributed by atoms with E-state index in [0.717, 1.165) is 18.4 Å². The molecule has 0 aromatic heterocycles. The molecule has 0 heterocycles. The fourth-order valence-corrected chi connectivity index (χ4v) is 1.51. The summed E-state index contributed by atoms with van der Waals surface area (Å²) < 4.78 is 0. The highest BCUT2D eigenvalue weighted by molar-refractivity contribution is 5.94. The highest BCUT2D eigenvalue weighted by atomic mass is 16.1. The van der Waals surface area contributed by atoms with E-state index in [4.69, 9.17) is 0 Å². The SMILES string of the molecule is CC.CNC(=O)C1=C(C)CCCC1. The van der Waals surface area contributed by atoms with Gasteiger partial charge in [-0.2, -0.15) is 0 Å². The zero-order valence-corrected chi connectivity index (χ0v) is 9.24. The van der Waals surface area contributed by atoms with Gasteiger partial charge in [0.25, 0.3) is 0 Å². The van der Waals surface area contributed by atoms with Gasteiger partial charge in [0.05, 0.1) is 0 Å². The second-order valence-corrected chi connectivity index (χ2v) is 3.05. The summed E-state index contributed by atoms with van der Waals surface area (Å²) in [6.07, 6.45) is 4.47. The summed E-state index contributed by atoms with van der Waals surface area (Å²) in [5.41, 5.74) is 2.29. The van der Waals surface area contributed by atoms with Gasteiger partial charge in [-0.3, -0.25) is 4.79 Å². The molecule has 1 amide bonds. The number of carbonyl (C=O) groups is 1. The molecule has 0 atom stereocenters. The summed E-state index contributed by atoms with van der Waals surface area (Å²) >= 11 is 0. The summed E-state index contributed by atoms with van der Waals surface area (Å²) in [6, 6.07) is 0. The van der Waals surface area contributed by atoms with Crippen LogP contribution in [0.25, 0.3) is 0 Å². The van der Waals surface area contributed by atoms with Crippen LogP contribution in [0, 0.1) is 0 Å². The van der Waals surface area contributed by atoms with Crippen LogP contribution < -0.4 is 5.32 Å². The maximum Gasteiger partial charge on any atom is 0.246 e. The van der Waals surface area contributed by atoms with Crippen molar-refractivity contribution in [3.05, 3.63) is 11.1 Å². The molecule has 0 aliphatic heterocycles. The first-order valence-electron chi connectivity index (χ1n) is 5.16. The van der Waals surface area contributed by atoms with E-state index >= 15 is 0 Å². The van der Waals surface area contributed by atoms with Crippen LogP contribution in [0.15, 0.2) is 11.1 Å². The van der Waals surface area contributed by atoms with Crippen molar-refractivity contribution < 1.29 is 4.79 Å². The van der Waals surface area contributed by atoms with Gasteiger partial charge in [-0.1, -0.05) is 19.4 Å². The van der Waals surface area contributed by atoms with Crippen LogP contribution in [0.3, 0.4) is 0 Å². The molecule has 1 rings (SSSR count). The molecule has 0 fully saturated rings. The number of likely N-dealkylation sites (N-methyl/N-ethyl adjacent to an activating group) is 1. The molecule has 1 aliphatic rings. The molecule has 0 aromatic rings. The Morgan fingerprint density at radius 1 is 1.23 bits per heavy atom. The molecule has 2 heteroatoms. The molecule has 0 saturated heterocycles. The first kappa shape index (κ1) is 12.2. The van der Waals surface area contributed by atoms with Crippen LogP contribution in [0.5, 0.6) is 0 Å². The topological polar surface area (TPSA) is 29.1 Å². The van der Waals surface area contributed by atoms with Gasteiger partial charge < -0.3 is 5.32 Å². The van der Waals surface area contributed by atoms with Crippen molar-refractivity contribution in [2.45, 2.75) is 46.5 Å². The van der Waals surface area contributed by atoms with Gasteiger partial charge in [0.15, 0.2) is 0 Å². The molecule has 1 aliphatic carbocycles. The van der Waals surface area contributed by atoms with Crippen LogP contribution in [-0.2, 0) is 4.79 Å². The van der Waals surface area contributed by atoms with Crippen LogP contribution in [-0.4, -0.2) is 13.0 Å². The van der Waals surface area contributed by atoms with E-state index in [-0.39, 0.29) is 5.91 Å². The molecule has 1 N–H and O–H groups in total. The maximum absolute atomic E-state index is 11.2. The van der Waals surface area contributed by atoms with E-state index in [0.29, 0.717) is 0 Å². The summed E-state index contributed by atoms with van der Waals surface area (Å²) in [5.74, 6) is 0.113. The largest absolute Gasteiger partial charge is 0.355 e. The lowest BCUT2D eigenvalue weighted by Gasteiger charge is -2.15. The Balaban J connectivity index is 0.000000671. The van der Waals surface area contributed by atoms with Crippen LogP contribution in [0.4, 0.5) is 0 Å². The second-order valence-electron chi connectivity index (χ2n) is 3.05. The predicted octanol–water partition coefficient (Wildman–Crippen LogP) is 2.65. The van der Waals surface area contributed by atoms with Crippen LogP contribution in [0.2, 0.25) is 0 Å². The zero-order valence-electron chi connectivity index (χ0n) is 9.24. The second kappa shape index (κ2) is 6.70. The minimum atomic E-state index is 0.113. The summed E-state index contributed by atoms with van der Waals surface area (Å²) in [6.45, 7) is 6.06. The number of carbonyl (C=O) groups excluding carboxylic acids is 1. The van der Waals surface area contributed by atoms with Crippen molar-refractivity contribution in [3.8, 4) is 0 Å². The molecule has 0 unspecified atom stereocenters. The smallest absolute Gasteiger partial charge is 0.246 e. The average Bonchev–Trinajstić information content (AvgIpc) is 2.20. The quantitative estimate of drug-likeness (QED) is 0.665. The Hall–Kier alpha value is -0.790. The van der Waals surface area contributed by atoms with Crippen molar-refractivity contribution >= 4 is 5.91 Å². The Labute approximate surface area is 81.4 Å². The normalized spacial score (nSPS) is 16.0. The summed E-state index contributed by atoms with van der Waals surface area (Å²) in [4.78, 5) is 11.2. The number of hydrogen-bond donors (Lipinski definition) is 1. The van der Waals surface area contributed by atoms with Crippen LogP contribution >= 0.6 is 0 Å². The average molecular weight is 183 g/mol.